The molecule has 0 bridgehead atoms. The number of benzene rings is 2. The first kappa shape index (κ1) is 18.5. The maximum absolute atomic E-state index is 12.8. The Bertz CT molecular complexity index is 781. The van der Waals surface area contributed by atoms with Crippen LogP contribution in [-0.2, 0) is 16.1 Å². The van der Waals surface area contributed by atoms with Crippen LogP contribution in [0.4, 0.5) is 10.1 Å². The number of nitrogens with two attached hydrogens (primary N) is 1. The van der Waals surface area contributed by atoms with Gasteiger partial charge in [-0.15, -0.1) is 0 Å². The van der Waals surface area contributed by atoms with Crippen LogP contribution in [0.15, 0.2) is 36.4 Å². The number of halogens is 2. The molecule has 0 saturated carbocycles. The number of nitrogen functional groups attached to an aromatic ring is 1. The minimum absolute atomic E-state index is 0.0630. The predicted molar refractivity (Wildman–Crippen MR) is 90.9 cm³/mol. The van der Waals surface area contributed by atoms with E-state index in [0.717, 1.165) is 0 Å². The molecule has 0 saturated heterocycles. The van der Waals surface area contributed by atoms with Gasteiger partial charge in [0.15, 0.2) is 6.61 Å². The van der Waals surface area contributed by atoms with Crippen molar-refractivity contribution in [1.82, 2.24) is 5.32 Å². The zero-order valence-electron chi connectivity index (χ0n) is 13.3. The third-order valence-electron chi connectivity index (χ3n) is 3.28. The van der Waals surface area contributed by atoms with E-state index in [4.69, 9.17) is 26.8 Å². The Hall–Kier alpha value is -2.80. The molecule has 0 spiro atoms. The molecule has 8 heteroatoms. The molecule has 0 unspecified atom stereocenters. The van der Waals surface area contributed by atoms with Crippen molar-refractivity contribution in [3.63, 3.8) is 0 Å². The summed E-state index contributed by atoms with van der Waals surface area (Å²) in [7, 11) is 1.37. The van der Waals surface area contributed by atoms with Crippen LogP contribution in [0, 0.1) is 5.82 Å². The lowest BCUT2D eigenvalue weighted by Gasteiger charge is -2.11. The smallest absolute Gasteiger partial charge is 0.342 e. The van der Waals surface area contributed by atoms with Crippen LogP contribution < -0.4 is 15.8 Å². The van der Waals surface area contributed by atoms with Crippen molar-refractivity contribution < 1.29 is 23.5 Å². The zero-order valence-corrected chi connectivity index (χ0v) is 14.1. The van der Waals surface area contributed by atoms with Crippen LogP contribution in [0.2, 0.25) is 5.02 Å². The lowest BCUT2D eigenvalue weighted by atomic mass is 10.2. The fourth-order valence-corrected chi connectivity index (χ4v) is 2.12. The Morgan fingerprint density at radius 1 is 1.24 bits per heavy atom. The van der Waals surface area contributed by atoms with Crippen LogP contribution in [-0.4, -0.2) is 25.6 Å². The molecule has 0 aliphatic carbocycles. The van der Waals surface area contributed by atoms with Gasteiger partial charge in [-0.3, -0.25) is 4.79 Å². The van der Waals surface area contributed by atoms with Crippen molar-refractivity contribution in [1.29, 1.82) is 0 Å². The molecule has 3 N–H and O–H groups in total. The van der Waals surface area contributed by atoms with E-state index in [-0.39, 0.29) is 34.4 Å². The summed E-state index contributed by atoms with van der Waals surface area (Å²) in [5.74, 6) is -1.44. The van der Waals surface area contributed by atoms with Gasteiger partial charge in [-0.05, 0) is 23.8 Å². The van der Waals surface area contributed by atoms with E-state index in [1.807, 2.05) is 0 Å². The third-order valence-corrected chi connectivity index (χ3v) is 3.60. The molecule has 0 radical (unpaired) electrons. The number of amides is 1. The molecule has 2 aromatic rings. The number of anilines is 1. The van der Waals surface area contributed by atoms with Gasteiger partial charge in [0.1, 0.15) is 17.1 Å². The highest BCUT2D eigenvalue weighted by molar-refractivity contribution is 6.33. The number of carbonyl (C=O) groups excluding carboxylic acids is 2. The number of methoxy groups -OCH3 is 1. The lowest BCUT2D eigenvalue weighted by Crippen LogP contribution is -2.28. The van der Waals surface area contributed by atoms with Gasteiger partial charge in [-0.25, -0.2) is 9.18 Å². The number of hydrogen-bond acceptors (Lipinski definition) is 5. The molecule has 0 aromatic heterocycles. The average Bonchev–Trinajstić information content (AvgIpc) is 2.61. The van der Waals surface area contributed by atoms with E-state index in [2.05, 4.69) is 5.32 Å². The molecular formula is C17H16ClFN2O4. The Morgan fingerprint density at radius 3 is 2.56 bits per heavy atom. The third kappa shape index (κ3) is 5.09. The molecule has 132 valence electrons. The number of carbonyl (C=O) groups is 2. The molecule has 0 fully saturated rings. The first-order valence-electron chi connectivity index (χ1n) is 7.22. The van der Waals surface area contributed by atoms with E-state index in [0.29, 0.717) is 5.56 Å². The second-order valence-corrected chi connectivity index (χ2v) is 5.46. The lowest BCUT2D eigenvalue weighted by molar-refractivity contribution is -0.124. The second kappa shape index (κ2) is 8.34. The standard InChI is InChI=1S/C17H16ClFN2O4/c1-24-15-7-14(20)13(18)6-12(15)17(23)25-9-16(22)21-8-10-2-4-11(19)5-3-10/h2-7H,8-9,20H2,1H3,(H,21,22). The monoisotopic (exact) mass is 366 g/mol. The van der Waals surface area contributed by atoms with Crippen molar-refractivity contribution in [3.8, 4) is 5.75 Å². The van der Waals surface area contributed by atoms with Gasteiger partial charge < -0.3 is 20.5 Å². The minimum atomic E-state index is -0.768. The van der Waals surface area contributed by atoms with Crippen LogP contribution in [0.5, 0.6) is 5.75 Å². The van der Waals surface area contributed by atoms with Gasteiger partial charge in [-0.2, -0.15) is 0 Å². The van der Waals surface area contributed by atoms with Crippen molar-refractivity contribution in [2.24, 2.45) is 0 Å². The normalized spacial score (nSPS) is 10.2. The summed E-state index contributed by atoms with van der Waals surface area (Å²) in [6.45, 7) is -0.293. The molecule has 0 atom stereocenters. The summed E-state index contributed by atoms with van der Waals surface area (Å²) in [5, 5.41) is 2.73. The quantitative estimate of drug-likeness (QED) is 0.605. The first-order valence-corrected chi connectivity index (χ1v) is 7.59. The molecule has 2 rings (SSSR count). The molecule has 1 amide bonds. The van der Waals surface area contributed by atoms with Gasteiger partial charge in [-0.1, -0.05) is 23.7 Å². The molecule has 0 aliphatic rings. The van der Waals surface area contributed by atoms with Crippen molar-refractivity contribution in [3.05, 3.63) is 58.4 Å². The number of hydrogen-bond donors (Lipinski definition) is 2. The van der Waals surface area contributed by atoms with E-state index in [1.165, 1.54) is 31.4 Å². The molecule has 2 aromatic carbocycles. The SMILES string of the molecule is COc1cc(N)c(Cl)cc1C(=O)OCC(=O)NCc1ccc(F)cc1. The van der Waals surface area contributed by atoms with Crippen molar-refractivity contribution in [2.75, 3.05) is 19.5 Å². The highest BCUT2D eigenvalue weighted by Gasteiger charge is 2.17. The maximum Gasteiger partial charge on any atom is 0.342 e. The van der Waals surface area contributed by atoms with Crippen LogP contribution in [0.1, 0.15) is 15.9 Å². The summed E-state index contributed by atoms with van der Waals surface area (Å²) in [4.78, 5) is 23.8. The van der Waals surface area contributed by atoms with Gasteiger partial charge in [0.2, 0.25) is 0 Å². The van der Waals surface area contributed by atoms with Crippen LogP contribution in [0.3, 0.4) is 0 Å². The number of nitrogens with one attached hydrogen (secondary N) is 1. The Balaban J connectivity index is 1.90. The fraction of sp³-hybridized carbons (Fsp3) is 0.176. The molecule has 25 heavy (non-hydrogen) atoms. The highest BCUT2D eigenvalue weighted by Crippen LogP contribution is 2.29. The van der Waals surface area contributed by atoms with Gasteiger partial charge in [0.05, 0.1) is 17.8 Å². The molecule has 0 aliphatic heterocycles. The van der Waals surface area contributed by atoms with Crippen molar-refractivity contribution >= 4 is 29.2 Å². The first-order chi connectivity index (χ1) is 11.9. The number of rotatable bonds is 6. The van der Waals surface area contributed by atoms with E-state index in [1.54, 1.807) is 12.1 Å². The molecular weight excluding hydrogens is 351 g/mol. The van der Waals surface area contributed by atoms with E-state index < -0.39 is 18.5 Å². The Kier molecular flexibility index (Phi) is 6.19. The van der Waals surface area contributed by atoms with Crippen molar-refractivity contribution in [2.45, 2.75) is 6.54 Å². The Morgan fingerprint density at radius 2 is 1.92 bits per heavy atom. The Labute approximate surface area is 148 Å². The van der Waals surface area contributed by atoms with Gasteiger partial charge in [0, 0.05) is 12.6 Å². The van der Waals surface area contributed by atoms with E-state index in [9.17, 15) is 14.0 Å². The summed E-state index contributed by atoms with van der Waals surface area (Å²) < 4.78 is 22.8. The maximum atomic E-state index is 12.8. The average molecular weight is 367 g/mol. The fourth-order valence-electron chi connectivity index (χ4n) is 1.96. The van der Waals surface area contributed by atoms with Gasteiger partial charge >= 0.3 is 5.97 Å². The summed E-state index contributed by atoms with van der Waals surface area (Å²) in [5.41, 5.74) is 6.68. The largest absolute Gasteiger partial charge is 0.496 e. The molecule has 6 nitrogen and oxygen atoms in total. The zero-order chi connectivity index (χ0) is 18.4. The van der Waals surface area contributed by atoms with Crippen LogP contribution >= 0.6 is 11.6 Å². The number of esters is 1. The number of ether oxygens (including phenoxy) is 2. The van der Waals surface area contributed by atoms with Crippen LogP contribution in [0.25, 0.3) is 0 Å². The summed E-state index contributed by atoms with van der Waals surface area (Å²) in [6, 6.07) is 8.38. The van der Waals surface area contributed by atoms with E-state index >= 15 is 0 Å². The summed E-state index contributed by atoms with van der Waals surface area (Å²) in [6.07, 6.45) is 0. The molecule has 0 heterocycles. The minimum Gasteiger partial charge on any atom is -0.496 e. The topological polar surface area (TPSA) is 90.7 Å². The van der Waals surface area contributed by atoms with Gasteiger partial charge in [0.25, 0.3) is 5.91 Å². The predicted octanol–water partition coefficient (Wildman–Crippen LogP) is 2.54. The summed E-state index contributed by atoms with van der Waals surface area (Å²) >= 11 is 5.88. The second-order valence-electron chi connectivity index (χ2n) is 5.05. The highest BCUT2D eigenvalue weighted by atomic mass is 35.5.